The third-order valence-electron chi connectivity index (χ3n) is 2.35. The van der Waals surface area contributed by atoms with E-state index in [1.54, 1.807) is 38.2 Å². The summed E-state index contributed by atoms with van der Waals surface area (Å²) in [5.41, 5.74) is 1.37. The van der Waals surface area contributed by atoms with Gasteiger partial charge in [-0.1, -0.05) is 12.1 Å². The Hall–Kier alpha value is -1.84. The number of aldehydes is 1. The standard InChI is InChI=1S/C12H16N2O2/c1-13(2)12(16)8-14(3)11-7-5-4-6-10(11)9-15/h4-7,9H,8H2,1-3H3. The van der Waals surface area contributed by atoms with Gasteiger partial charge in [0.15, 0.2) is 6.29 Å². The van der Waals surface area contributed by atoms with Gasteiger partial charge in [0.25, 0.3) is 0 Å². The molecular weight excluding hydrogens is 204 g/mol. The fourth-order valence-electron chi connectivity index (χ4n) is 1.36. The van der Waals surface area contributed by atoms with Crippen molar-refractivity contribution in [3.05, 3.63) is 29.8 Å². The minimum absolute atomic E-state index is 0.00296. The van der Waals surface area contributed by atoms with Crippen molar-refractivity contribution in [2.45, 2.75) is 0 Å². The summed E-state index contributed by atoms with van der Waals surface area (Å²) in [4.78, 5) is 25.6. The highest BCUT2D eigenvalue weighted by Gasteiger charge is 2.11. The first kappa shape index (κ1) is 12.2. The lowest BCUT2D eigenvalue weighted by atomic mass is 10.2. The van der Waals surface area contributed by atoms with Crippen molar-refractivity contribution in [2.75, 3.05) is 32.6 Å². The molecule has 0 fully saturated rings. The monoisotopic (exact) mass is 220 g/mol. The van der Waals surface area contributed by atoms with Crippen LogP contribution in [0.5, 0.6) is 0 Å². The van der Waals surface area contributed by atoms with Gasteiger partial charge in [0.05, 0.1) is 6.54 Å². The zero-order valence-electron chi connectivity index (χ0n) is 9.80. The molecule has 0 unspecified atom stereocenters. The van der Waals surface area contributed by atoms with Crippen molar-refractivity contribution < 1.29 is 9.59 Å². The molecule has 86 valence electrons. The number of nitrogens with zero attached hydrogens (tertiary/aromatic N) is 2. The van der Waals surface area contributed by atoms with Crippen LogP contribution >= 0.6 is 0 Å². The van der Waals surface area contributed by atoms with Gasteiger partial charge in [0.1, 0.15) is 0 Å². The van der Waals surface area contributed by atoms with E-state index in [4.69, 9.17) is 0 Å². The third-order valence-corrected chi connectivity index (χ3v) is 2.35. The molecule has 0 saturated heterocycles. The van der Waals surface area contributed by atoms with Crippen molar-refractivity contribution in [3.8, 4) is 0 Å². The number of amides is 1. The molecule has 0 aliphatic heterocycles. The molecule has 1 rings (SSSR count). The van der Waals surface area contributed by atoms with Gasteiger partial charge in [-0.15, -0.1) is 0 Å². The molecule has 0 aliphatic rings. The minimum Gasteiger partial charge on any atom is -0.365 e. The number of benzene rings is 1. The number of rotatable bonds is 4. The van der Waals surface area contributed by atoms with Gasteiger partial charge in [-0.25, -0.2) is 0 Å². The predicted octanol–water partition coefficient (Wildman–Crippen LogP) is 1.02. The highest BCUT2D eigenvalue weighted by molar-refractivity contribution is 5.87. The molecule has 16 heavy (non-hydrogen) atoms. The van der Waals surface area contributed by atoms with Crippen LogP contribution in [0.25, 0.3) is 0 Å². The fourth-order valence-corrected chi connectivity index (χ4v) is 1.36. The first-order valence-electron chi connectivity index (χ1n) is 5.01. The van der Waals surface area contributed by atoms with Crippen LogP contribution in [0.3, 0.4) is 0 Å². The van der Waals surface area contributed by atoms with Gasteiger partial charge < -0.3 is 9.80 Å². The Morgan fingerprint density at radius 3 is 2.44 bits per heavy atom. The average molecular weight is 220 g/mol. The minimum atomic E-state index is 0.00296. The summed E-state index contributed by atoms with van der Waals surface area (Å²) in [6.07, 6.45) is 0.798. The molecule has 0 radical (unpaired) electrons. The lowest BCUT2D eigenvalue weighted by Gasteiger charge is -2.22. The molecule has 0 bridgehead atoms. The lowest BCUT2D eigenvalue weighted by Crippen LogP contribution is -2.34. The van der Waals surface area contributed by atoms with E-state index in [1.807, 2.05) is 12.1 Å². The van der Waals surface area contributed by atoms with E-state index in [0.29, 0.717) is 5.56 Å². The Labute approximate surface area is 95.5 Å². The van der Waals surface area contributed by atoms with Gasteiger partial charge in [-0.05, 0) is 12.1 Å². The van der Waals surface area contributed by atoms with Crippen molar-refractivity contribution in [1.82, 2.24) is 4.90 Å². The predicted molar refractivity (Wildman–Crippen MR) is 63.8 cm³/mol. The Balaban J connectivity index is 2.84. The molecule has 1 amide bonds. The van der Waals surface area contributed by atoms with E-state index in [0.717, 1.165) is 12.0 Å². The number of carbonyl (C=O) groups is 2. The third kappa shape index (κ3) is 2.82. The molecule has 0 atom stereocenters. The highest BCUT2D eigenvalue weighted by Crippen LogP contribution is 2.16. The van der Waals surface area contributed by atoms with Gasteiger partial charge in [-0.3, -0.25) is 9.59 Å². The highest BCUT2D eigenvalue weighted by atomic mass is 16.2. The number of para-hydroxylation sites is 1. The maximum atomic E-state index is 11.5. The molecule has 4 heteroatoms. The molecule has 0 N–H and O–H groups in total. The van der Waals surface area contributed by atoms with E-state index in [9.17, 15) is 9.59 Å². The summed E-state index contributed by atoms with van der Waals surface area (Å²) in [6.45, 7) is 0.262. The summed E-state index contributed by atoms with van der Waals surface area (Å²) < 4.78 is 0. The SMILES string of the molecule is CN(C)C(=O)CN(C)c1ccccc1C=O. The molecule has 1 aromatic carbocycles. The van der Waals surface area contributed by atoms with Crippen molar-refractivity contribution in [3.63, 3.8) is 0 Å². The first-order valence-corrected chi connectivity index (χ1v) is 5.01. The number of hydrogen-bond donors (Lipinski definition) is 0. The number of hydrogen-bond acceptors (Lipinski definition) is 3. The zero-order valence-corrected chi connectivity index (χ0v) is 9.80. The Kier molecular flexibility index (Phi) is 4.05. The number of carbonyl (C=O) groups excluding carboxylic acids is 2. The Morgan fingerprint density at radius 2 is 1.88 bits per heavy atom. The Bertz CT molecular complexity index is 388. The zero-order chi connectivity index (χ0) is 12.1. The quantitative estimate of drug-likeness (QED) is 0.711. The van der Waals surface area contributed by atoms with Crippen LogP contribution in [0.4, 0.5) is 5.69 Å². The summed E-state index contributed by atoms with van der Waals surface area (Å²) in [6, 6.07) is 7.21. The summed E-state index contributed by atoms with van der Waals surface area (Å²) >= 11 is 0. The topological polar surface area (TPSA) is 40.6 Å². The molecule has 1 aromatic rings. The second-order valence-corrected chi connectivity index (χ2v) is 3.82. The second-order valence-electron chi connectivity index (χ2n) is 3.82. The smallest absolute Gasteiger partial charge is 0.241 e. The second kappa shape index (κ2) is 5.30. The van der Waals surface area contributed by atoms with E-state index < -0.39 is 0 Å². The molecule has 0 spiro atoms. The normalized spacial score (nSPS) is 9.69. The van der Waals surface area contributed by atoms with Gasteiger partial charge in [0.2, 0.25) is 5.91 Å². The van der Waals surface area contributed by atoms with E-state index >= 15 is 0 Å². The fraction of sp³-hybridized carbons (Fsp3) is 0.333. The van der Waals surface area contributed by atoms with Gasteiger partial charge >= 0.3 is 0 Å². The van der Waals surface area contributed by atoms with Crippen LogP contribution in [0.15, 0.2) is 24.3 Å². The molecule has 4 nitrogen and oxygen atoms in total. The van der Waals surface area contributed by atoms with E-state index in [2.05, 4.69) is 0 Å². The lowest BCUT2D eigenvalue weighted by molar-refractivity contribution is -0.127. The van der Waals surface area contributed by atoms with Crippen LogP contribution < -0.4 is 4.90 Å². The van der Waals surface area contributed by atoms with E-state index in [-0.39, 0.29) is 12.5 Å². The maximum Gasteiger partial charge on any atom is 0.241 e. The first-order chi connectivity index (χ1) is 7.56. The van der Waals surface area contributed by atoms with Gasteiger partial charge in [-0.2, -0.15) is 0 Å². The average Bonchev–Trinajstić information content (AvgIpc) is 2.28. The van der Waals surface area contributed by atoms with Crippen LogP contribution in [0.2, 0.25) is 0 Å². The number of likely N-dealkylation sites (N-methyl/N-ethyl adjacent to an activating group) is 2. The molecule has 0 aliphatic carbocycles. The van der Waals surface area contributed by atoms with Crippen LogP contribution in [-0.2, 0) is 4.79 Å². The van der Waals surface area contributed by atoms with Crippen molar-refractivity contribution in [2.24, 2.45) is 0 Å². The molecule has 0 aromatic heterocycles. The van der Waals surface area contributed by atoms with Crippen molar-refractivity contribution in [1.29, 1.82) is 0 Å². The summed E-state index contributed by atoms with van der Waals surface area (Å²) in [5.74, 6) is 0.00296. The van der Waals surface area contributed by atoms with Gasteiger partial charge in [0, 0.05) is 32.4 Å². The summed E-state index contributed by atoms with van der Waals surface area (Å²) in [7, 11) is 5.22. The molecule has 0 heterocycles. The maximum absolute atomic E-state index is 11.5. The molecule has 0 saturated carbocycles. The largest absolute Gasteiger partial charge is 0.365 e. The van der Waals surface area contributed by atoms with Crippen LogP contribution in [0, 0.1) is 0 Å². The molecular formula is C12H16N2O2. The summed E-state index contributed by atoms with van der Waals surface area (Å²) in [5, 5.41) is 0. The van der Waals surface area contributed by atoms with E-state index in [1.165, 1.54) is 4.90 Å². The number of anilines is 1. The van der Waals surface area contributed by atoms with Crippen LogP contribution in [-0.4, -0.2) is 44.8 Å². The van der Waals surface area contributed by atoms with Crippen molar-refractivity contribution >= 4 is 17.9 Å². The van der Waals surface area contributed by atoms with Crippen LogP contribution in [0.1, 0.15) is 10.4 Å². The Morgan fingerprint density at radius 1 is 1.25 bits per heavy atom.